The normalized spacial score (nSPS) is 19.5. The van der Waals surface area contributed by atoms with Crippen LogP contribution in [-0.2, 0) is 22.6 Å². The topological polar surface area (TPSA) is 70.1 Å². The number of carbonyl (C=O) groups excluding carboxylic acids is 1. The molecule has 3 rings (SSSR count). The summed E-state index contributed by atoms with van der Waals surface area (Å²) in [5.41, 5.74) is 1.86. The van der Waals surface area contributed by atoms with Crippen molar-refractivity contribution in [1.82, 2.24) is 9.80 Å². The van der Waals surface area contributed by atoms with E-state index in [9.17, 15) is 9.59 Å². The highest BCUT2D eigenvalue weighted by Crippen LogP contribution is 2.27. The van der Waals surface area contributed by atoms with Gasteiger partial charge in [0.1, 0.15) is 5.75 Å². The van der Waals surface area contributed by atoms with Gasteiger partial charge in [0.2, 0.25) is 5.91 Å². The number of rotatable bonds is 7. The van der Waals surface area contributed by atoms with Crippen LogP contribution in [0.1, 0.15) is 25.0 Å². The first-order valence-corrected chi connectivity index (χ1v) is 10.4. The zero-order valence-corrected chi connectivity index (χ0v) is 18.0. The summed E-state index contributed by atoms with van der Waals surface area (Å²) in [5, 5.41) is 9.48. The molecule has 2 unspecified atom stereocenters. The minimum absolute atomic E-state index is 0.0694. The van der Waals surface area contributed by atoms with E-state index in [1.807, 2.05) is 41.3 Å². The van der Waals surface area contributed by atoms with Crippen LogP contribution in [-0.4, -0.2) is 58.6 Å². The van der Waals surface area contributed by atoms with E-state index in [1.165, 1.54) is 0 Å². The Hall–Kier alpha value is -2.57. The zero-order valence-electron chi connectivity index (χ0n) is 17.3. The van der Waals surface area contributed by atoms with Gasteiger partial charge in [-0.2, -0.15) is 0 Å². The van der Waals surface area contributed by atoms with Crippen molar-refractivity contribution < 1.29 is 19.4 Å². The lowest BCUT2D eigenvalue weighted by molar-refractivity contribution is -0.139. The molecule has 1 aliphatic heterocycles. The molecule has 7 heteroatoms. The van der Waals surface area contributed by atoms with E-state index in [0.29, 0.717) is 36.8 Å². The van der Waals surface area contributed by atoms with Crippen LogP contribution in [0, 0.1) is 0 Å². The number of aliphatic carboxylic acids is 1. The average Bonchev–Trinajstić information content (AvgIpc) is 2.70. The molecule has 6 nitrogen and oxygen atoms in total. The molecule has 1 heterocycles. The van der Waals surface area contributed by atoms with Crippen LogP contribution in [0.5, 0.6) is 5.75 Å². The highest BCUT2D eigenvalue weighted by Gasteiger charge is 2.32. The number of ether oxygens (including phenoxy) is 1. The largest absolute Gasteiger partial charge is 0.482 e. The highest BCUT2D eigenvalue weighted by molar-refractivity contribution is 6.30. The predicted octanol–water partition coefficient (Wildman–Crippen LogP) is 3.47. The molecule has 1 saturated heterocycles. The summed E-state index contributed by atoms with van der Waals surface area (Å²) in [7, 11) is 0. The summed E-state index contributed by atoms with van der Waals surface area (Å²) in [4.78, 5) is 27.9. The van der Waals surface area contributed by atoms with E-state index in [1.54, 1.807) is 12.1 Å². The molecule has 2 aromatic carbocycles. The van der Waals surface area contributed by atoms with Gasteiger partial charge in [-0.05, 0) is 37.6 Å². The lowest BCUT2D eigenvalue weighted by atomic mass is 10.0. The van der Waals surface area contributed by atoms with Crippen molar-refractivity contribution in [2.24, 2.45) is 0 Å². The van der Waals surface area contributed by atoms with E-state index in [0.717, 1.165) is 11.1 Å². The second-order valence-corrected chi connectivity index (χ2v) is 8.21. The Morgan fingerprint density at radius 3 is 2.53 bits per heavy atom. The second kappa shape index (κ2) is 9.96. The fourth-order valence-corrected chi connectivity index (χ4v) is 4.00. The van der Waals surface area contributed by atoms with Gasteiger partial charge in [0.15, 0.2) is 6.61 Å². The molecule has 0 radical (unpaired) electrons. The van der Waals surface area contributed by atoms with Crippen molar-refractivity contribution >= 4 is 23.5 Å². The molecule has 2 atom stereocenters. The van der Waals surface area contributed by atoms with Crippen LogP contribution in [0.2, 0.25) is 5.02 Å². The van der Waals surface area contributed by atoms with Crippen LogP contribution < -0.4 is 4.74 Å². The summed E-state index contributed by atoms with van der Waals surface area (Å²) in [6.45, 7) is 5.67. The number of benzene rings is 2. The Kier molecular flexibility index (Phi) is 7.34. The Morgan fingerprint density at radius 1 is 1.10 bits per heavy atom. The molecule has 0 saturated carbocycles. The van der Waals surface area contributed by atoms with E-state index < -0.39 is 12.6 Å². The third-order valence-electron chi connectivity index (χ3n) is 5.38. The maximum atomic E-state index is 12.9. The smallest absolute Gasteiger partial charge is 0.341 e. The molecular weight excluding hydrogens is 404 g/mol. The first kappa shape index (κ1) is 22.1. The lowest BCUT2D eigenvalue weighted by Crippen LogP contribution is -2.57. The molecule has 1 amide bonds. The van der Waals surface area contributed by atoms with Crippen LogP contribution in [0.25, 0.3) is 0 Å². The van der Waals surface area contributed by atoms with Gasteiger partial charge >= 0.3 is 5.97 Å². The standard InChI is InChI=1S/C23H27ClN2O4/c1-16-13-26(22(27)10-18-6-4-3-5-7-18)17(2)12-25(16)14-19-11-20(24)8-9-21(19)30-15-23(28)29/h3-9,11,16-17H,10,12-15H2,1-2H3,(H,28,29). The second-order valence-electron chi connectivity index (χ2n) is 7.77. The molecule has 1 N–H and O–H groups in total. The molecule has 0 bridgehead atoms. The Labute approximate surface area is 182 Å². The maximum Gasteiger partial charge on any atom is 0.341 e. The summed E-state index contributed by atoms with van der Waals surface area (Å²) in [6, 6.07) is 15.2. The Balaban J connectivity index is 1.66. The van der Waals surface area contributed by atoms with Crippen molar-refractivity contribution in [2.45, 2.75) is 38.9 Å². The van der Waals surface area contributed by atoms with Crippen molar-refractivity contribution in [3.63, 3.8) is 0 Å². The zero-order chi connectivity index (χ0) is 21.7. The van der Waals surface area contributed by atoms with Crippen LogP contribution in [0.3, 0.4) is 0 Å². The van der Waals surface area contributed by atoms with Crippen LogP contribution >= 0.6 is 11.6 Å². The first-order chi connectivity index (χ1) is 14.3. The van der Waals surface area contributed by atoms with E-state index in [-0.39, 0.29) is 18.0 Å². The molecule has 1 aliphatic rings. The summed E-state index contributed by atoms with van der Waals surface area (Å²) < 4.78 is 5.43. The molecule has 0 spiro atoms. The fraction of sp³-hybridized carbons (Fsp3) is 0.391. The Bertz CT molecular complexity index is 890. The van der Waals surface area contributed by atoms with Crippen LogP contribution in [0.4, 0.5) is 0 Å². The minimum atomic E-state index is -1.02. The molecule has 2 aromatic rings. The van der Waals surface area contributed by atoms with Gasteiger partial charge in [0.25, 0.3) is 0 Å². The predicted molar refractivity (Wildman–Crippen MR) is 116 cm³/mol. The van der Waals surface area contributed by atoms with Gasteiger partial charge in [0, 0.05) is 42.3 Å². The van der Waals surface area contributed by atoms with Gasteiger partial charge in [-0.15, -0.1) is 0 Å². The van der Waals surface area contributed by atoms with Crippen molar-refractivity contribution in [1.29, 1.82) is 0 Å². The fourth-order valence-electron chi connectivity index (χ4n) is 3.81. The lowest BCUT2D eigenvalue weighted by Gasteiger charge is -2.44. The van der Waals surface area contributed by atoms with E-state index >= 15 is 0 Å². The minimum Gasteiger partial charge on any atom is -0.482 e. The number of halogens is 1. The summed E-state index contributed by atoms with van der Waals surface area (Å²) >= 11 is 6.16. The average molecular weight is 431 g/mol. The van der Waals surface area contributed by atoms with E-state index in [4.69, 9.17) is 21.4 Å². The number of carboxylic acid groups (broad SMARTS) is 1. The van der Waals surface area contributed by atoms with Gasteiger partial charge in [-0.25, -0.2) is 4.79 Å². The Morgan fingerprint density at radius 2 is 1.83 bits per heavy atom. The van der Waals surface area contributed by atoms with Crippen molar-refractivity contribution in [3.05, 3.63) is 64.7 Å². The summed E-state index contributed by atoms with van der Waals surface area (Å²) in [5.74, 6) is -0.374. The number of nitrogens with zero attached hydrogens (tertiary/aromatic N) is 2. The van der Waals surface area contributed by atoms with Crippen molar-refractivity contribution in [3.8, 4) is 5.75 Å². The molecular formula is C23H27ClN2O4. The molecule has 1 fully saturated rings. The molecule has 0 aromatic heterocycles. The van der Waals surface area contributed by atoms with Gasteiger partial charge < -0.3 is 14.7 Å². The number of hydrogen-bond acceptors (Lipinski definition) is 4. The molecule has 30 heavy (non-hydrogen) atoms. The van der Waals surface area contributed by atoms with Gasteiger partial charge in [-0.3, -0.25) is 9.69 Å². The van der Waals surface area contributed by atoms with Crippen LogP contribution in [0.15, 0.2) is 48.5 Å². The number of amides is 1. The monoisotopic (exact) mass is 430 g/mol. The first-order valence-electron chi connectivity index (χ1n) is 10.0. The number of carbonyl (C=O) groups is 2. The molecule has 0 aliphatic carbocycles. The summed E-state index contributed by atoms with van der Waals surface area (Å²) in [6.07, 6.45) is 0.402. The van der Waals surface area contributed by atoms with Gasteiger partial charge in [-0.1, -0.05) is 41.9 Å². The molecule has 160 valence electrons. The van der Waals surface area contributed by atoms with Crippen molar-refractivity contribution in [2.75, 3.05) is 19.7 Å². The van der Waals surface area contributed by atoms with Gasteiger partial charge in [0.05, 0.1) is 6.42 Å². The number of carboxylic acids is 1. The third-order valence-corrected chi connectivity index (χ3v) is 5.62. The number of hydrogen-bond donors (Lipinski definition) is 1. The van der Waals surface area contributed by atoms with E-state index in [2.05, 4.69) is 18.7 Å². The highest BCUT2D eigenvalue weighted by atomic mass is 35.5. The quantitative estimate of drug-likeness (QED) is 0.728. The maximum absolute atomic E-state index is 12.9. The third kappa shape index (κ3) is 5.74. The number of piperazine rings is 1. The SMILES string of the molecule is CC1CN(C(=O)Cc2ccccc2)C(C)CN1Cc1cc(Cl)ccc1OCC(=O)O.